The summed E-state index contributed by atoms with van der Waals surface area (Å²) in [5, 5.41) is 13.1. The molecule has 0 fully saturated rings. The molecule has 7 heteroatoms. The topological polar surface area (TPSA) is 49.3 Å². The predicted molar refractivity (Wildman–Crippen MR) is 113 cm³/mol. The van der Waals surface area contributed by atoms with Gasteiger partial charge in [-0.15, -0.1) is 0 Å². The van der Waals surface area contributed by atoms with Crippen molar-refractivity contribution in [3.63, 3.8) is 0 Å². The Morgan fingerprint density at radius 3 is 2.17 bits per heavy atom. The van der Waals surface area contributed by atoms with Gasteiger partial charge in [-0.05, 0) is 47.6 Å². The third-order valence-corrected chi connectivity index (χ3v) is 5.62. The van der Waals surface area contributed by atoms with E-state index in [0.717, 1.165) is 6.07 Å². The summed E-state index contributed by atoms with van der Waals surface area (Å²) >= 11 is 3.38. The van der Waals surface area contributed by atoms with Crippen LogP contribution in [0.25, 0.3) is 0 Å². The lowest BCUT2D eigenvalue weighted by Gasteiger charge is -2.24. The van der Waals surface area contributed by atoms with Crippen LogP contribution in [0.3, 0.4) is 0 Å². The highest BCUT2D eigenvalue weighted by Crippen LogP contribution is 2.40. The first-order valence-electron chi connectivity index (χ1n) is 9.19. The minimum Gasteiger partial charge on any atom is -0.507 e. The standard InChI is InChI=1S/C22H25BrF3NO2/c1-11(2)13-7-8-17(14(9-13)22(24,25)26)27-20(29)18-12(3)16(23)10-15(19(18)28)21(4,5)6/h7-11,28H,1-6H3,(H,27,29). The zero-order valence-corrected chi connectivity index (χ0v) is 18.8. The summed E-state index contributed by atoms with van der Waals surface area (Å²) in [6.45, 7) is 10.8. The predicted octanol–water partition coefficient (Wildman–Crippen LogP) is 7.16. The molecule has 0 aliphatic heterocycles. The Morgan fingerprint density at radius 1 is 1.10 bits per heavy atom. The number of alkyl halides is 3. The molecular formula is C22H25BrF3NO2. The van der Waals surface area contributed by atoms with E-state index in [-0.39, 0.29) is 22.9 Å². The van der Waals surface area contributed by atoms with Crippen molar-refractivity contribution < 1.29 is 23.1 Å². The molecule has 158 valence electrons. The lowest BCUT2D eigenvalue weighted by molar-refractivity contribution is -0.137. The number of rotatable bonds is 3. The van der Waals surface area contributed by atoms with Gasteiger partial charge in [0.1, 0.15) is 5.75 Å². The molecule has 0 saturated carbocycles. The number of phenols is 1. The van der Waals surface area contributed by atoms with Crippen molar-refractivity contribution in [2.75, 3.05) is 5.32 Å². The summed E-state index contributed by atoms with van der Waals surface area (Å²) in [5.74, 6) is -1.12. The molecule has 0 atom stereocenters. The van der Waals surface area contributed by atoms with Gasteiger partial charge in [0.15, 0.2) is 0 Å². The van der Waals surface area contributed by atoms with Gasteiger partial charge in [-0.25, -0.2) is 0 Å². The van der Waals surface area contributed by atoms with E-state index in [1.807, 2.05) is 20.8 Å². The minimum atomic E-state index is -4.63. The number of hydrogen-bond acceptors (Lipinski definition) is 2. The highest BCUT2D eigenvalue weighted by atomic mass is 79.9. The van der Waals surface area contributed by atoms with Crippen LogP contribution in [0, 0.1) is 6.92 Å². The summed E-state index contributed by atoms with van der Waals surface area (Å²) in [6.07, 6.45) is -4.63. The molecule has 3 nitrogen and oxygen atoms in total. The molecule has 2 N–H and O–H groups in total. The van der Waals surface area contributed by atoms with Crippen molar-refractivity contribution in [2.45, 2.75) is 59.1 Å². The molecule has 0 aromatic heterocycles. The van der Waals surface area contributed by atoms with Crippen LogP contribution in [0.15, 0.2) is 28.7 Å². The van der Waals surface area contributed by atoms with Crippen molar-refractivity contribution >= 4 is 27.5 Å². The van der Waals surface area contributed by atoms with Crippen molar-refractivity contribution in [2.24, 2.45) is 0 Å². The number of anilines is 1. The number of phenolic OH excluding ortho intramolecular Hbond substituents is 1. The van der Waals surface area contributed by atoms with Gasteiger partial charge < -0.3 is 10.4 Å². The summed E-state index contributed by atoms with van der Waals surface area (Å²) in [4.78, 5) is 12.9. The number of carbonyl (C=O) groups excluding carboxylic acids is 1. The Bertz CT molecular complexity index is 945. The molecule has 29 heavy (non-hydrogen) atoms. The van der Waals surface area contributed by atoms with Crippen molar-refractivity contribution in [1.29, 1.82) is 0 Å². The third kappa shape index (κ3) is 4.94. The molecule has 0 spiro atoms. The molecule has 0 radical (unpaired) electrons. The van der Waals surface area contributed by atoms with E-state index < -0.39 is 23.1 Å². The highest BCUT2D eigenvalue weighted by Gasteiger charge is 2.35. The first kappa shape index (κ1) is 23.3. The number of nitrogens with one attached hydrogen (secondary N) is 1. The molecule has 0 unspecified atom stereocenters. The second-order valence-electron chi connectivity index (χ2n) is 8.42. The van der Waals surface area contributed by atoms with Gasteiger partial charge in [0, 0.05) is 10.0 Å². The van der Waals surface area contributed by atoms with Crippen molar-refractivity contribution in [3.8, 4) is 5.75 Å². The van der Waals surface area contributed by atoms with Crippen LogP contribution in [-0.4, -0.2) is 11.0 Å². The summed E-state index contributed by atoms with van der Waals surface area (Å²) in [5.41, 5.74) is -0.294. The Kier molecular flexibility index (Phi) is 6.43. The molecule has 0 saturated heterocycles. The quantitative estimate of drug-likeness (QED) is 0.498. The minimum absolute atomic E-state index is 0.0506. The number of halogens is 4. The maximum absolute atomic E-state index is 13.6. The Labute approximate surface area is 177 Å². The fourth-order valence-corrected chi connectivity index (χ4v) is 3.46. The zero-order chi connectivity index (χ0) is 22.3. The smallest absolute Gasteiger partial charge is 0.418 e. The molecule has 2 aromatic carbocycles. The summed E-state index contributed by atoms with van der Waals surface area (Å²) in [6, 6.07) is 5.59. The molecule has 2 aromatic rings. The SMILES string of the molecule is Cc1c(Br)cc(C(C)(C)C)c(O)c1C(=O)Nc1ccc(C(C)C)cc1C(F)(F)F. The molecule has 0 heterocycles. The van der Waals surface area contributed by atoms with Crippen molar-refractivity contribution in [3.05, 3.63) is 56.6 Å². The Morgan fingerprint density at radius 2 is 1.69 bits per heavy atom. The van der Waals surface area contributed by atoms with Gasteiger partial charge in [-0.2, -0.15) is 13.2 Å². The lowest BCUT2D eigenvalue weighted by atomic mass is 9.84. The van der Waals surface area contributed by atoms with Gasteiger partial charge in [0.2, 0.25) is 0 Å². The second kappa shape index (κ2) is 8.01. The van der Waals surface area contributed by atoms with E-state index in [1.54, 1.807) is 32.9 Å². The maximum atomic E-state index is 13.6. The fourth-order valence-electron chi connectivity index (χ4n) is 3.03. The summed E-state index contributed by atoms with van der Waals surface area (Å²) in [7, 11) is 0. The van der Waals surface area contributed by atoms with Crippen LogP contribution in [0.1, 0.15) is 73.1 Å². The molecule has 0 bridgehead atoms. The zero-order valence-electron chi connectivity index (χ0n) is 17.3. The first-order valence-corrected chi connectivity index (χ1v) is 9.99. The number of benzene rings is 2. The number of carbonyl (C=O) groups is 1. The van der Waals surface area contributed by atoms with Gasteiger partial charge in [-0.3, -0.25) is 4.79 Å². The van der Waals surface area contributed by atoms with E-state index in [4.69, 9.17) is 0 Å². The first-order chi connectivity index (χ1) is 13.1. The van der Waals surface area contributed by atoms with Crippen LogP contribution >= 0.6 is 15.9 Å². The second-order valence-corrected chi connectivity index (χ2v) is 9.27. The molecule has 0 aliphatic rings. The van der Waals surface area contributed by atoms with Crippen LogP contribution in [0.4, 0.5) is 18.9 Å². The van der Waals surface area contributed by atoms with Crippen molar-refractivity contribution in [1.82, 2.24) is 0 Å². The average molecular weight is 472 g/mol. The largest absolute Gasteiger partial charge is 0.507 e. The number of hydrogen-bond donors (Lipinski definition) is 2. The van der Waals surface area contributed by atoms with E-state index in [0.29, 0.717) is 21.2 Å². The normalized spacial score (nSPS) is 12.4. The van der Waals surface area contributed by atoms with Crippen LogP contribution in [0.2, 0.25) is 0 Å². The van der Waals surface area contributed by atoms with Gasteiger partial charge in [0.25, 0.3) is 5.91 Å². The number of amides is 1. The number of aromatic hydroxyl groups is 1. The van der Waals surface area contributed by atoms with E-state index in [1.165, 1.54) is 6.07 Å². The van der Waals surface area contributed by atoms with E-state index in [9.17, 15) is 23.1 Å². The van der Waals surface area contributed by atoms with E-state index >= 15 is 0 Å². The lowest BCUT2D eigenvalue weighted by Crippen LogP contribution is -2.20. The molecule has 2 rings (SSSR count). The van der Waals surface area contributed by atoms with Crippen LogP contribution in [0.5, 0.6) is 5.75 Å². The molecule has 0 aliphatic carbocycles. The Hall–Kier alpha value is -2.02. The van der Waals surface area contributed by atoms with Crippen LogP contribution in [-0.2, 0) is 11.6 Å². The Balaban J connectivity index is 2.58. The van der Waals surface area contributed by atoms with E-state index in [2.05, 4.69) is 21.2 Å². The maximum Gasteiger partial charge on any atom is 0.418 e. The fraction of sp³-hybridized carbons (Fsp3) is 0.409. The average Bonchev–Trinajstić information content (AvgIpc) is 2.56. The highest BCUT2D eigenvalue weighted by molar-refractivity contribution is 9.10. The van der Waals surface area contributed by atoms with Gasteiger partial charge in [0.05, 0.1) is 16.8 Å². The molecular weight excluding hydrogens is 447 g/mol. The monoisotopic (exact) mass is 471 g/mol. The molecule has 1 amide bonds. The van der Waals surface area contributed by atoms with Crippen LogP contribution < -0.4 is 5.32 Å². The van der Waals surface area contributed by atoms with Gasteiger partial charge >= 0.3 is 6.18 Å². The third-order valence-electron chi connectivity index (χ3n) is 4.80. The van der Waals surface area contributed by atoms with Gasteiger partial charge in [-0.1, -0.05) is 56.6 Å². The summed E-state index contributed by atoms with van der Waals surface area (Å²) < 4.78 is 41.3.